The minimum atomic E-state index is -0.549. The van der Waals surface area contributed by atoms with Crippen LogP contribution in [0.4, 0.5) is 0 Å². The summed E-state index contributed by atoms with van der Waals surface area (Å²) in [6.07, 6.45) is 0. The van der Waals surface area contributed by atoms with Gasteiger partial charge in [0.25, 0.3) is 0 Å². The van der Waals surface area contributed by atoms with Crippen molar-refractivity contribution in [2.24, 2.45) is 5.41 Å². The summed E-state index contributed by atoms with van der Waals surface area (Å²) in [5.74, 6) is 0.368. The maximum atomic E-state index is 9.74. The quantitative estimate of drug-likeness (QED) is 0.401. The molecule has 0 aromatic carbocycles. The second kappa shape index (κ2) is 2.38. The molecular formula is C5H8OS. The van der Waals surface area contributed by atoms with Crippen molar-refractivity contribution in [3.63, 3.8) is 0 Å². The monoisotopic (exact) mass is 116 g/mol. The van der Waals surface area contributed by atoms with E-state index in [1.807, 2.05) is 0 Å². The summed E-state index contributed by atoms with van der Waals surface area (Å²) in [7, 11) is 0. The smallest absolute Gasteiger partial charge is 0.126 e. The van der Waals surface area contributed by atoms with Crippen molar-refractivity contribution >= 4 is 12.0 Å². The van der Waals surface area contributed by atoms with Crippen LogP contribution in [0.25, 0.3) is 0 Å². The lowest BCUT2D eigenvalue weighted by molar-refractivity contribution is 0.600. The van der Waals surface area contributed by atoms with Crippen molar-refractivity contribution in [1.82, 2.24) is 0 Å². The Kier molecular flexibility index (Phi) is 2.40. The van der Waals surface area contributed by atoms with Crippen LogP contribution in [0.5, 0.6) is 0 Å². The van der Waals surface area contributed by atoms with Crippen molar-refractivity contribution in [3.8, 4) is 0 Å². The molecule has 2 heteroatoms. The first-order valence-corrected chi connectivity index (χ1v) is 2.78. The molecule has 0 aliphatic heterocycles. The molecule has 0 aliphatic rings. The first-order chi connectivity index (χ1) is 3.06. The summed E-state index contributed by atoms with van der Waals surface area (Å²) in [6, 6.07) is 0. The third-order valence-electron chi connectivity index (χ3n) is 0.365. The van der Waals surface area contributed by atoms with Crippen LogP contribution in [0.1, 0.15) is 0 Å². The van der Waals surface area contributed by atoms with Crippen LogP contribution in [-0.2, 0) is 0 Å². The maximum Gasteiger partial charge on any atom is 0.126 e. The molecular weight excluding hydrogens is 108 g/mol. The van der Waals surface area contributed by atoms with Crippen LogP contribution in [0.15, 0.2) is 0 Å². The van der Waals surface area contributed by atoms with E-state index in [4.69, 9.17) is 0 Å². The first kappa shape index (κ1) is 7.05. The SMILES string of the molecule is [CH2+]C([CH2+])([CH2-])CS[O-]. The molecule has 0 N–H and O–H groups in total. The Labute approximate surface area is 49.3 Å². The van der Waals surface area contributed by atoms with Gasteiger partial charge in [-0.2, -0.15) is 0 Å². The maximum absolute atomic E-state index is 9.74. The van der Waals surface area contributed by atoms with Gasteiger partial charge in [-0.25, -0.2) is 6.92 Å². The van der Waals surface area contributed by atoms with E-state index >= 15 is 0 Å². The molecule has 0 amide bonds. The van der Waals surface area contributed by atoms with Crippen molar-refractivity contribution in [1.29, 1.82) is 0 Å². The van der Waals surface area contributed by atoms with Crippen LogP contribution in [0, 0.1) is 26.2 Å². The minimum absolute atomic E-state index is 0.368. The highest BCUT2D eigenvalue weighted by Gasteiger charge is 2.14. The zero-order valence-corrected chi connectivity index (χ0v) is 4.96. The fourth-order valence-electron chi connectivity index (χ4n) is 0.125. The molecule has 0 radical (unpaired) electrons. The van der Waals surface area contributed by atoms with Crippen LogP contribution < -0.4 is 0 Å². The van der Waals surface area contributed by atoms with Crippen molar-refractivity contribution < 1.29 is 4.55 Å². The molecule has 0 spiro atoms. The van der Waals surface area contributed by atoms with Gasteiger partial charge in [0.2, 0.25) is 0 Å². The molecule has 1 nitrogen and oxygen atoms in total. The number of rotatable bonds is 2. The van der Waals surface area contributed by atoms with Crippen molar-refractivity contribution in [2.45, 2.75) is 0 Å². The molecule has 0 aliphatic carbocycles. The largest absolute Gasteiger partial charge is 0.799 e. The van der Waals surface area contributed by atoms with E-state index in [-0.39, 0.29) is 0 Å². The summed E-state index contributed by atoms with van der Waals surface area (Å²) < 4.78 is 9.74. The predicted molar refractivity (Wildman–Crippen MR) is 31.7 cm³/mol. The van der Waals surface area contributed by atoms with E-state index in [1.165, 1.54) is 0 Å². The molecule has 0 bridgehead atoms. The molecule has 0 fully saturated rings. The zero-order chi connectivity index (χ0) is 5.91. The van der Waals surface area contributed by atoms with E-state index < -0.39 is 5.41 Å². The molecule has 0 aromatic heterocycles. The van der Waals surface area contributed by atoms with Gasteiger partial charge in [-0.05, 0) is 0 Å². The summed E-state index contributed by atoms with van der Waals surface area (Å²) in [4.78, 5) is 0. The van der Waals surface area contributed by atoms with Crippen LogP contribution in [0.2, 0.25) is 0 Å². The van der Waals surface area contributed by atoms with E-state index in [1.54, 1.807) is 0 Å². The van der Waals surface area contributed by atoms with Gasteiger partial charge in [-0.1, -0.05) is 0 Å². The predicted octanol–water partition coefficient (Wildman–Crippen LogP) is 1.34. The normalized spacial score (nSPS) is 11.7. The highest BCUT2D eigenvalue weighted by molar-refractivity contribution is 7.93. The molecule has 0 saturated carbocycles. The Hall–Kier alpha value is 0.0500. The summed E-state index contributed by atoms with van der Waals surface area (Å²) in [5.41, 5.74) is -0.549. The second-order valence-corrected chi connectivity index (χ2v) is 2.29. The van der Waals surface area contributed by atoms with E-state index in [0.29, 0.717) is 17.8 Å². The Morgan fingerprint density at radius 2 is 2.14 bits per heavy atom. The van der Waals surface area contributed by atoms with Gasteiger partial charge in [0.05, 0.1) is 13.8 Å². The average Bonchev–Trinajstić information content (AvgIpc) is 1.30. The third-order valence-corrected chi connectivity index (χ3v) is 1.10. The van der Waals surface area contributed by atoms with Crippen LogP contribution >= 0.6 is 12.0 Å². The van der Waals surface area contributed by atoms with Gasteiger partial charge in [-0.15, -0.1) is 0 Å². The molecule has 0 unspecified atom stereocenters. The summed E-state index contributed by atoms with van der Waals surface area (Å²) >= 11 is 0.471. The molecule has 0 aromatic rings. The van der Waals surface area contributed by atoms with Crippen molar-refractivity contribution in [3.05, 3.63) is 20.8 Å². The molecule has 0 atom stereocenters. The molecule has 0 heterocycles. The lowest BCUT2D eigenvalue weighted by Crippen LogP contribution is -2.09. The fourth-order valence-corrected chi connectivity index (χ4v) is 0.375. The first-order valence-electron chi connectivity index (χ1n) is 1.87. The standard InChI is InChI=1S/C5H8OS/c1-5(2,3)4-7-6/h1-4H2. The van der Waals surface area contributed by atoms with Gasteiger partial charge in [-0.3, -0.25) is 12.0 Å². The Balaban J connectivity index is 3.15. The summed E-state index contributed by atoms with van der Waals surface area (Å²) in [6.45, 7) is 10.6. The number of hydrogen-bond donors (Lipinski definition) is 0. The van der Waals surface area contributed by atoms with Crippen molar-refractivity contribution in [2.75, 3.05) is 5.75 Å². The molecule has 0 saturated heterocycles. The van der Waals surface area contributed by atoms with Crippen LogP contribution in [0.3, 0.4) is 0 Å². The third kappa shape index (κ3) is 6.05. The lowest BCUT2D eigenvalue weighted by atomic mass is 10.0. The van der Waals surface area contributed by atoms with Gasteiger partial charge < -0.3 is 4.55 Å². The van der Waals surface area contributed by atoms with E-state index in [2.05, 4.69) is 20.8 Å². The Morgan fingerprint density at radius 3 is 2.14 bits per heavy atom. The zero-order valence-electron chi connectivity index (χ0n) is 4.14. The van der Waals surface area contributed by atoms with Gasteiger partial charge in [0.1, 0.15) is 5.41 Å². The molecule has 7 heavy (non-hydrogen) atoms. The summed E-state index contributed by atoms with van der Waals surface area (Å²) in [5, 5.41) is 0. The second-order valence-electron chi connectivity index (χ2n) is 1.76. The highest BCUT2D eigenvalue weighted by atomic mass is 32.2. The topological polar surface area (TPSA) is 23.1 Å². The van der Waals surface area contributed by atoms with Gasteiger partial charge >= 0.3 is 0 Å². The number of hydrogen-bond acceptors (Lipinski definition) is 2. The van der Waals surface area contributed by atoms with Crippen LogP contribution in [-0.4, -0.2) is 10.3 Å². The lowest BCUT2D eigenvalue weighted by Gasteiger charge is -2.12. The molecule has 40 valence electrons. The van der Waals surface area contributed by atoms with E-state index in [9.17, 15) is 4.55 Å². The fraction of sp³-hybridized carbons (Fsp3) is 0.400. The Morgan fingerprint density at radius 1 is 1.71 bits per heavy atom. The average molecular weight is 116 g/mol. The Bertz CT molecular complexity index is 46.5. The highest BCUT2D eigenvalue weighted by Crippen LogP contribution is 2.15. The van der Waals surface area contributed by atoms with Gasteiger partial charge in [0, 0.05) is 5.75 Å². The molecule has 0 rings (SSSR count). The van der Waals surface area contributed by atoms with E-state index in [0.717, 1.165) is 0 Å². The minimum Gasteiger partial charge on any atom is -0.799 e. The van der Waals surface area contributed by atoms with Gasteiger partial charge in [0.15, 0.2) is 0 Å².